The fourth-order valence-electron chi connectivity index (χ4n) is 6.80. The average Bonchev–Trinajstić information content (AvgIpc) is 2.79. The molecule has 0 atom stereocenters. The van der Waals surface area contributed by atoms with Crippen molar-refractivity contribution in [3.05, 3.63) is 47.5 Å². The Balaban J connectivity index is 1.45. The van der Waals surface area contributed by atoms with E-state index >= 15 is 0 Å². The van der Waals surface area contributed by atoms with Gasteiger partial charge in [0.25, 0.3) is 11.8 Å². The van der Waals surface area contributed by atoms with E-state index in [-0.39, 0.29) is 23.9 Å². The number of piperidine rings is 2. The summed E-state index contributed by atoms with van der Waals surface area (Å²) in [6.45, 7) is 15.3. The van der Waals surface area contributed by atoms with Crippen LogP contribution in [0.2, 0.25) is 0 Å². The van der Waals surface area contributed by atoms with Crippen molar-refractivity contribution in [2.45, 2.75) is 115 Å². The molecule has 8 heteroatoms. The summed E-state index contributed by atoms with van der Waals surface area (Å²) in [6.07, 6.45) is 2.33. The summed E-state index contributed by atoms with van der Waals surface area (Å²) >= 11 is 0. The van der Waals surface area contributed by atoms with Gasteiger partial charge in [0, 0.05) is 45.4 Å². The molecule has 0 bridgehead atoms. The maximum absolute atomic E-state index is 13.1. The zero-order chi connectivity index (χ0) is 28.3. The Bertz CT molecular complexity index is 1100. The molecule has 0 unspecified atom stereocenters. The second kappa shape index (κ2) is 9.59. The number of fused-ring (bicyclic) bond motifs is 1. The first-order chi connectivity index (χ1) is 17.4. The van der Waals surface area contributed by atoms with Gasteiger partial charge in [-0.05, 0) is 116 Å². The SMILES string of the molecule is CC1(C)CC(NC(=O)c2ccc3cc(C(=O)NC4CC(C)(C)N([O])C(C)(C)C4)ccc3c2)CC(C)(C)N1[O]. The Kier molecular flexibility index (Phi) is 7.19. The highest BCUT2D eigenvalue weighted by molar-refractivity contribution is 6.02. The number of carbonyl (C=O) groups excluding carboxylic acids is 2. The molecule has 0 aliphatic carbocycles. The molecule has 0 aromatic heterocycles. The molecule has 0 saturated carbocycles. The van der Waals surface area contributed by atoms with E-state index in [0.29, 0.717) is 36.8 Å². The van der Waals surface area contributed by atoms with Gasteiger partial charge in [0.15, 0.2) is 0 Å². The lowest BCUT2D eigenvalue weighted by Gasteiger charge is -2.50. The first-order valence-electron chi connectivity index (χ1n) is 13.5. The van der Waals surface area contributed by atoms with Gasteiger partial charge in [-0.3, -0.25) is 9.59 Å². The van der Waals surface area contributed by atoms with Crippen molar-refractivity contribution in [3.63, 3.8) is 0 Å². The van der Waals surface area contributed by atoms with Crippen molar-refractivity contribution in [1.29, 1.82) is 0 Å². The van der Waals surface area contributed by atoms with E-state index in [1.165, 1.54) is 0 Å². The van der Waals surface area contributed by atoms with Crippen LogP contribution in [-0.4, -0.2) is 56.2 Å². The molecular weight excluding hydrogens is 480 g/mol. The topological polar surface area (TPSA) is 104 Å². The number of hydroxylamine groups is 4. The quantitative estimate of drug-likeness (QED) is 0.587. The summed E-state index contributed by atoms with van der Waals surface area (Å²) in [4.78, 5) is 26.2. The van der Waals surface area contributed by atoms with E-state index in [0.717, 1.165) is 20.9 Å². The average molecular weight is 523 g/mol. The highest BCUT2D eigenvalue weighted by atomic mass is 16.5. The van der Waals surface area contributed by atoms with Crippen molar-refractivity contribution in [2.24, 2.45) is 0 Å². The molecule has 2 heterocycles. The number of carbonyl (C=O) groups is 2. The summed E-state index contributed by atoms with van der Waals surface area (Å²) in [7, 11) is 0. The van der Waals surface area contributed by atoms with Crippen LogP contribution >= 0.6 is 0 Å². The minimum absolute atomic E-state index is 0.0945. The minimum Gasteiger partial charge on any atom is -0.349 e. The first-order valence-corrected chi connectivity index (χ1v) is 13.5. The maximum atomic E-state index is 13.1. The predicted molar refractivity (Wildman–Crippen MR) is 146 cm³/mol. The molecule has 2 aromatic rings. The summed E-state index contributed by atoms with van der Waals surface area (Å²) in [6, 6.07) is 10.7. The molecule has 2 aromatic carbocycles. The molecule has 2 N–H and O–H groups in total. The van der Waals surface area contributed by atoms with Crippen molar-refractivity contribution >= 4 is 22.6 Å². The van der Waals surface area contributed by atoms with Crippen molar-refractivity contribution in [3.8, 4) is 0 Å². The Morgan fingerprint density at radius 3 is 1.18 bits per heavy atom. The van der Waals surface area contributed by atoms with Gasteiger partial charge in [0.2, 0.25) is 0 Å². The fourth-order valence-corrected chi connectivity index (χ4v) is 6.80. The van der Waals surface area contributed by atoms with Crippen LogP contribution in [0.4, 0.5) is 0 Å². The van der Waals surface area contributed by atoms with Gasteiger partial charge < -0.3 is 10.6 Å². The molecule has 206 valence electrons. The molecule has 2 aliphatic rings. The smallest absolute Gasteiger partial charge is 0.251 e. The van der Waals surface area contributed by atoms with Gasteiger partial charge in [0.1, 0.15) is 0 Å². The van der Waals surface area contributed by atoms with Crippen LogP contribution in [0.15, 0.2) is 36.4 Å². The van der Waals surface area contributed by atoms with E-state index < -0.39 is 22.2 Å². The number of hydrogen-bond donors (Lipinski definition) is 2. The van der Waals surface area contributed by atoms with E-state index in [1.54, 1.807) is 12.1 Å². The molecule has 8 nitrogen and oxygen atoms in total. The lowest BCUT2D eigenvalue weighted by molar-refractivity contribution is -0.289. The summed E-state index contributed by atoms with van der Waals surface area (Å²) in [5.74, 6) is -0.334. The molecule has 38 heavy (non-hydrogen) atoms. The monoisotopic (exact) mass is 522 g/mol. The van der Waals surface area contributed by atoms with E-state index in [4.69, 9.17) is 0 Å². The van der Waals surface area contributed by atoms with Crippen LogP contribution in [0.5, 0.6) is 0 Å². The highest BCUT2D eigenvalue weighted by Gasteiger charge is 2.47. The number of hydrogen-bond acceptors (Lipinski definition) is 4. The van der Waals surface area contributed by atoms with E-state index in [2.05, 4.69) is 10.6 Å². The van der Waals surface area contributed by atoms with Gasteiger partial charge in [-0.2, -0.15) is 0 Å². The van der Waals surface area contributed by atoms with Crippen molar-refractivity contribution in [1.82, 2.24) is 20.8 Å². The summed E-state index contributed by atoms with van der Waals surface area (Å²) < 4.78 is 0. The van der Waals surface area contributed by atoms with Crippen LogP contribution in [0.1, 0.15) is 102 Å². The molecule has 2 fully saturated rings. The van der Waals surface area contributed by atoms with Gasteiger partial charge >= 0.3 is 0 Å². The van der Waals surface area contributed by atoms with Crippen molar-refractivity contribution < 1.29 is 20.0 Å². The largest absolute Gasteiger partial charge is 0.349 e. The highest BCUT2D eigenvalue weighted by Crippen LogP contribution is 2.38. The number of nitrogens with one attached hydrogen (secondary N) is 2. The van der Waals surface area contributed by atoms with Gasteiger partial charge in [-0.1, -0.05) is 12.1 Å². The maximum Gasteiger partial charge on any atom is 0.251 e. The van der Waals surface area contributed by atoms with Gasteiger partial charge in [-0.25, -0.2) is 0 Å². The zero-order valence-electron chi connectivity index (χ0n) is 24.0. The second-order valence-electron chi connectivity index (χ2n) is 13.8. The lowest BCUT2D eigenvalue weighted by Crippen LogP contribution is -2.62. The molecular formula is C30H42N4O4. The Morgan fingerprint density at radius 1 is 0.605 bits per heavy atom. The van der Waals surface area contributed by atoms with Crippen LogP contribution < -0.4 is 10.6 Å². The summed E-state index contributed by atoms with van der Waals surface area (Å²) in [5.41, 5.74) is -1.14. The lowest BCUT2D eigenvalue weighted by atomic mass is 9.79. The van der Waals surface area contributed by atoms with E-state index in [1.807, 2.05) is 79.7 Å². The van der Waals surface area contributed by atoms with Gasteiger partial charge in [0.05, 0.1) is 0 Å². The third-order valence-electron chi connectivity index (χ3n) is 8.22. The Morgan fingerprint density at radius 2 is 0.895 bits per heavy atom. The molecule has 2 aliphatic heterocycles. The standard InChI is InChI=1S/C30H42N4O4/c1-27(2)15-23(16-28(3,4)33(27)37)31-25(35)21-11-9-20-14-22(12-10-19(20)13-21)26(36)32-24-17-29(5,6)34(38)30(7,8)18-24/h9-14,23-24H,15-18H2,1-8H3,(H,31,35)(H,32,36). The van der Waals surface area contributed by atoms with E-state index in [9.17, 15) is 20.0 Å². The second-order valence-corrected chi connectivity index (χ2v) is 13.8. The predicted octanol–water partition coefficient (Wildman–Crippen LogP) is 5.03. The number of amides is 2. The minimum atomic E-state index is -0.558. The van der Waals surface area contributed by atoms with Crippen LogP contribution in [0.3, 0.4) is 0 Å². The Hall–Kier alpha value is -2.52. The zero-order valence-corrected chi connectivity index (χ0v) is 24.0. The van der Waals surface area contributed by atoms with Crippen LogP contribution in [-0.2, 0) is 10.4 Å². The number of benzene rings is 2. The third kappa shape index (κ3) is 5.59. The van der Waals surface area contributed by atoms with Crippen LogP contribution in [0, 0.1) is 0 Å². The molecule has 0 spiro atoms. The number of rotatable bonds is 4. The Labute approximate surface area is 226 Å². The number of nitrogens with zero attached hydrogens (tertiary/aromatic N) is 2. The molecule has 4 rings (SSSR count). The van der Waals surface area contributed by atoms with Gasteiger partial charge in [-0.15, -0.1) is 20.5 Å². The fraction of sp³-hybridized carbons (Fsp3) is 0.600. The summed E-state index contributed by atoms with van der Waals surface area (Å²) in [5, 5.41) is 35.6. The van der Waals surface area contributed by atoms with Crippen LogP contribution in [0.25, 0.3) is 10.8 Å². The third-order valence-corrected chi connectivity index (χ3v) is 8.22. The molecule has 2 saturated heterocycles. The molecule has 2 radical (unpaired) electrons. The van der Waals surface area contributed by atoms with Crippen molar-refractivity contribution in [2.75, 3.05) is 0 Å². The first kappa shape index (κ1) is 28.5. The molecule has 2 amide bonds. The normalized spacial score (nSPS) is 23.7.